The molecular weight excluding hydrogens is 293 g/mol. The van der Waals surface area contributed by atoms with E-state index in [4.69, 9.17) is 5.73 Å². The molecule has 0 fully saturated rings. The number of benzene rings is 2. The predicted octanol–water partition coefficient (Wildman–Crippen LogP) is 3.87. The molecule has 0 aromatic heterocycles. The quantitative estimate of drug-likeness (QED) is 0.911. The molecule has 3 heteroatoms. The van der Waals surface area contributed by atoms with Crippen LogP contribution < -0.4 is 5.73 Å². The van der Waals surface area contributed by atoms with E-state index >= 15 is 0 Å². The summed E-state index contributed by atoms with van der Waals surface area (Å²) >= 11 is 3.45. The number of rotatable bonds is 4. The van der Waals surface area contributed by atoms with Crippen molar-refractivity contribution in [1.82, 2.24) is 0 Å². The Bertz CT molecular complexity index is 527. The number of hydrogen-bond acceptors (Lipinski definition) is 1. The molecule has 0 aliphatic rings. The van der Waals surface area contributed by atoms with Crippen LogP contribution in [0.25, 0.3) is 0 Å². The summed E-state index contributed by atoms with van der Waals surface area (Å²) in [6.45, 7) is 0.510. The Morgan fingerprint density at radius 1 is 1.11 bits per heavy atom. The van der Waals surface area contributed by atoms with Gasteiger partial charge in [0.15, 0.2) is 0 Å². The molecule has 1 atom stereocenters. The third-order valence-electron chi connectivity index (χ3n) is 2.98. The van der Waals surface area contributed by atoms with Crippen LogP contribution in [0.2, 0.25) is 0 Å². The minimum absolute atomic E-state index is 0.148. The Hall–Kier alpha value is -1.19. The Balaban J connectivity index is 2.19. The first-order chi connectivity index (χ1) is 8.69. The maximum Gasteiger partial charge on any atom is 0.123 e. The molecular formula is C15H15BrFN. The zero-order chi connectivity index (χ0) is 13.0. The molecule has 18 heavy (non-hydrogen) atoms. The lowest BCUT2D eigenvalue weighted by atomic mass is 9.92. The molecule has 2 aromatic carbocycles. The highest BCUT2D eigenvalue weighted by atomic mass is 79.9. The van der Waals surface area contributed by atoms with E-state index in [-0.39, 0.29) is 11.7 Å². The van der Waals surface area contributed by atoms with Gasteiger partial charge in [0.05, 0.1) is 0 Å². The molecule has 0 saturated heterocycles. The Morgan fingerprint density at radius 3 is 2.56 bits per heavy atom. The second-order valence-corrected chi connectivity index (χ2v) is 5.24. The first-order valence-electron chi connectivity index (χ1n) is 5.89. The lowest BCUT2D eigenvalue weighted by molar-refractivity contribution is 0.616. The molecule has 2 aromatic rings. The van der Waals surface area contributed by atoms with E-state index in [9.17, 15) is 4.39 Å². The van der Waals surface area contributed by atoms with Crippen molar-refractivity contribution in [3.8, 4) is 0 Å². The largest absolute Gasteiger partial charge is 0.330 e. The molecule has 0 bridgehead atoms. The summed E-state index contributed by atoms with van der Waals surface area (Å²) in [5.74, 6) is -0.0600. The molecule has 0 aliphatic heterocycles. The summed E-state index contributed by atoms with van der Waals surface area (Å²) < 4.78 is 14.3. The molecule has 94 valence electrons. The van der Waals surface area contributed by atoms with Crippen LogP contribution in [0.1, 0.15) is 17.0 Å². The van der Waals surface area contributed by atoms with Crippen molar-refractivity contribution in [2.24, 2.45) is 5.73 Å². The van der Waals surface area contributed by atoms with Crippen LogP contribution in [0.5, 0.6) is 0 Å². The monoisotopic (exact) mass is 307 g/mol. The Labute approximate surface area is 115 Å². The molecule has 0 saturated carbocycles. The third-order valence-corrected chi connectivity index (χ3v) is 3.47. The minimum Gasteiger partial charge on any atom is -0.330 e. The SMILES string of the molecule is NCC(Cc1cccc(Br)c1)c1cccc(F)c1. The van der Waals surface area contributed by atoms with E-state index in [2.05, 4.69) is 28.1 Å². The second-order valence-electron chi connectivity index (χ2n) is 4.32. The van der Waals surface area contributed by atoms with Gasteiger partial charge in [-0.15, -0.1) is 0 Å². The molecule has 2 rings (SSSR count). The van der Waals surface area contributed by atoms with Gasteiger partial charge in [-0.3, -0.25) is 0 Å². The third kappa shape index (κ3) is 3.40. The van der Waals surface area contributed by atoms with Gasteiger partial charge < -0.3 is 5.73 Å². The van der Waals surface area contributed by atoms with Crippen molar-refractivity contribution in [1.29, 1.82) is 0 Å². The van der Waals surface area contributed by atoms with Crippen molar-refractivity contribution in [3.63, 3.8) is 0 Å². The average Bonchev–Trinajstić information content (AvgIpc) is 2.36. The van der Waals surface area contributed by atoms with Crippen molar-refractivity contribution in [2.75, 3.05) is 6.54 Å². The number of nitrogens with two attached hydrogens (primary N) is 1. The second kappa shape index (κ2) is 6.12. The Kier molecular flexibility index (Phi) is 4.50. The summed E-state index contributed by atoms with van der Waals surface area (Å²) in [6.07, 6.45) is 0.819. The summed E-state index contributed by atoms with van der Waals surface area (Å²) in [4.78, 5) is 0. The smallest absolute Gasteiger partial charge is 0.123 e. The normalized spacial score (nSPS) is 12.4. The van der Waals surface area contributed by atoms with Crippen LogP contribution in [-0.4, -0.2) is 6.54 Å². The fraction of sp³-hybridized carbons (Fsp3) is 0.200. The molecule has 1 unspecified atom stereocenters. The van der Waals surface area contributed by atoms with Gasteiger partial charge in [0.25, 0.3) is 0 Å². The zero-order valence-electron chi connectivity index (χ0n) is 9.94. The van der Waals surface area contributed by atoms with Crippen LogP contribution >= 0.6 is 15.9 Å². The standard InChI is InChI=1S/C15H15BrFN/c16-14-5-1-3-11(8-14)7-13(10-18)12-4-2-6-15(17)9-12/h1-6,8-9,13H,7,10,18H2. The lowest BCUT2D eigenvalue weighted by Crippen LogP contribution is -2.15. The van der Waals surface area contributed by atoms with Crippen molar-refractivity contribution >= 4 is 15.9 Å². The van der Waals surface area contributed by atoms with E-state index in [0.717, 1.165) is 16.5 Å². The van der Waals surface area contributed by atoms with E-state index in [1.54, 1.807) is 12.1 Å². The first kappa shape index (κ1) is 13.2. The van der Waals surface area contributed by atoms with Crippen LogP contribution in [0.3, 0.4) is 0 Å². The summed E-state index contributed by atoms with van der Waals surface area (Å²) in [6, 6.07) is 14.8. The van der Waals surface area contributed by atoms with E-state index < -0.39 is 0 Å². The fourth-order valence-electron chi connectivity index (χ4n) is 2.05. The summed E-state index contributed by atoms with van der Waals surface area (Å²) in [5, 5.41) is 0. The van der Waals surface area contributed by atoms with Gasteiger partial charge >= 0.3 is 0 Å². The van der Waals surface area contributed by atoms with Gasteiger partial charge in [-0.05, 0) is 48.4 Å². The van der Waals surface area contributed by atoms with Gasteiger partial charge in [0, 0.05) is 10.4 Å². The molecule has 0 aliphatic carbocycles. The number of halogens is 2. The van der Waals surface area contributed by atoms with Crippen LogP contribution in [0.4, 0.5) is 4.39 Å². The molecule has 0 heterocycles. The van der Waals surface area contributed by atoms with Gasteiger partial charge in [-0.1, -0.05) is 40.2 Å². The zero-order valence-corrected chi connectivity index (χ0v) is 11.5. The van der Waals surface area contributed by atoms with Gasteiger partial charge in [0.1, 0.15) is 5.82 Å². The topological polar surface area (TPSA) is 26.0 Å². The Morgan fingerprint density at radius 2 is 1.89 bits per heavy atom. The highest BCUT2D eigenvalue weighted by Gasteiger charge is 2.11. The molecule has 2 N–H and O–H groups in total. The molecule has 0 spiro atoms. The molecule has 0 radical (unpaired) electrons. The first-order valence-corrected chi connectivity index (χ1v) is 6.68. The van der Waals surface area contributed by atoms with Crippen molar-refractivity contribution in [3.05, 3.63) is 69.9 Å². The van der Waals surface area contributed by atoms with E-state index in [1.165, 1.54) is 11.6 Å². The predicted molar refractivity (Wildman–Crippen MR) is 76.0 cm³/mol. The van der Waals surface area contributed by atoms with E-state index in [0.29, 0.717) is 6.54 Å². The highest BCUT2D eigenvalue weighted by Crippen LogP contribution is 2.22. The highest BCUT2D eigenvalue weighted by molar-refractivity contribution is 9.10. The van der Waals surface area contributed by atoms with Crippen molar-refractivity contribution in [2.45, 2.75) is 12.3 Å². The molecule has 1 nitrogen and oxygen atoms in total. The maximum atomic E-state index is 13.2. The van der Waals surface area contributed by atoms with Crippen LogP contribution in [0.15, 0.2) is 53.0 Å². The maximum absolute atomic E-state index is 13.2. The minimum atomic E-state index is -0.208. The van der Waals surface area contributed by atoms with Crippen LogP contribution in [0, 0.1) is 5.82 Å². The van der Waals surface area contributed by atoms with Gasteiger partial charge in [-0.2, -0.15) is 0 Å². The van der Waals surface area contributed by atoms with Crippen LogP contribution in [-0.2, 0) is 6.42 Å². The lowest BCUT2D eigenvalue weighted by Gasteiger charge is -2.15. The summed E-state index contributed by atoms with van der Waals surface area (Å²) in [7, 11) is 0. The average molecular weight is 308 g/mol. The molecule has 0 amide bonds. The van der Waals surface area contributed by atoms with E-state index in [1.807, 2.05) is 18.2 Å². The van der Waals surface area contributed by atoms with Crippen molar-refractivity contribution < 1.29 is 4.39 Å². The van der Waals surface area contributed by atoms with Gasteiger partial charge in [-0.25, -0.2) is 4.39 Å². The fourth-order valence-corrected chi connectivity index (χ4v) is 2.49. The van der Waals surface area contributed by atoms with Gasteiger partial charge in [0.2, 0.25) is 0 Å². The number of hydrogen-bond donors (Lipinski definition) is 1. The summed E-state index contributed by atoms with van der Waals surface area (Å²) in [5.41, 5.74) is 7.96.